The van der Waals surface area contributed by atoms with Crippen LogP contribution in [0.25, 0.3) is 0 Å². The maximum atomic E-state index is 12.3. The van der Waals surface area contributed by atoms with Crippen molar-refractivity contribution in [2.45, 2.75) is 25.4 Å². The van der Waals surface area contributed by atoms with Gasteiger partial charge in [0, 0.05) is 30.9 Å². The summed E-state index contributed by atoms with van der Waals surface area (Å²) in [5.74, 6) is -0.285. The van der Waals surface area contributed by atoms with Gasteiger partial charge in [0.25, 0.3) is 11.8 Å². The first-order chi connectivity index (χ1) is 11.7. The Hall–Kier alpha value is -1.89. The first-order valence-corrected chi connectivity index (χ1v) is 8.42. The van der Waals surface area contributed by atoms with E-state index in [0.717, 1.165) is 32.4 Å². The van der Waals surface area contributed by atoms with E-state index in [2.05, 4.69) is 22.0 Å². The summed E-state index contributed by atoms with van der Waals surface area (Å²) in [6.45, 7) is 3.00. The molecule has 0 radical (unpaired) electrons. The Labute approximate surface area is 153 Å². The Kier molecular flexibility index (Phi) is 7.43. The molecule has 1 unspecified atom stereocenters. The zero-order chi connectivity index (χ0) is 16.8. The molecule has 25 heavy (non-hydrogen) atoms. The van der Waals surface area contributed by atoms with Gasteiger partial charge in [0.2, 0.25) is 0 Å². The number of amides is 2. The number of hydrogen-bond acceptors (Lipinski definition) is 4. The van der Waals surface area contributed by atoms with Crippen molar-refractivity contribution in [1.82, 2.24) is 10.6 Å². The molecule has 1 fully saturated rings. The summed E-state index contributed by atoms with van der Waals surface area (Å²) in [5.41, 5.74) is 2.39. The van der Waals surface area contributed by atoms with Crippen molar-refractivity contribution in [2.24, 2.45) is 0 Å². The van der Waals surface area contributed by atoms with Gasteiger partial charge < -0.3 is 20.7 Å². The van der Waals surface area contributed by atoms with E-state index in [1.807, 2.05) is 0 Å². The van der Waals surface area contributed by atoms with E-state index in [1.54, 1.807) is 24.3 Å². The molecular formula is C18H24ClN3O3. The SMILES string of the molecule is Cl.O=C(NCC1=CCNCC1)c1cccc(NC(=O)C2CCCO2)c1. The van der Waals surface area contributed by atoms with Crippen LogP contribution < -0.4 is 16.0 Å². The van der Waals surface area contributed by atoms with E-state index in [0.29, 0.717) is 24.4 Å². The van der Waals surface area contributed by atoms with Crippen molar-refractivity contribution >= 4 is 29.9 Å². The third-order valence-electron chi connectivity index (χ3n) is 4.25. The standard InChI is InChI=1S/C18H23N3O3.ClH/c22-17(20-12-13-6-8-19-9-7-13)14-3-1-4-15(11-14)21-18(23)16-5-2-10-24-16;/h1,3-4,6,11,16,19H,2,5,7-10,12H2,(H,20,22)(H,21,23);1H. The van der Waals surface area contributed by atoms with Crippen LogP contribution in [0.3, 0.4) is 0 Å². The molecule has 1 saturated heterocycles. The highest BCUT2D eigenvalue weighted by Crippen LogP contribution is 2.16. The Morgan fingerprint density at radius 3 is 2.92 bits per heavy atom. The molecule has 1 atom stereocenters. The van der Waals surface area contributed by atoms with Gasteiger partial charge in [-0.1, -0.05) is 17.7 Å². The van der Waals surface area contributed by atoms with E-state index in [4.69, 9.17) is 4.74 Å². The van der Waals surface area contributed by atoms with E-state index >= 15 is 0 Å². The van der Waals surface area contributed by atoms with Crippen molar-refractivity contribution in [3.63, 3.8) is 0 Å². The minimum absolute atomic E-state index is 0. The second-order valence-corrected chi connectivity index (χ2v) is 6.07. The number of nitrogens with one attached hydrogen (secondary N) is 3. The highest BCUT2D eigenvalue weighted by atomic mass is 35.5. The summed E-state index contributed by atoms with van der Waals surface area (Å²) >= 11 is 0. The monoisotopic (exact) mass is 365 g/mol. The summed E-state index contributed by atoms with van der Waals surface area (Å²) < 4.78 is 5.37. The smallest absolute Gasteiger partial charge is 0.253 e. The number of rotatable bonds is 5. The lowest BCUT2D eigenvalue weighted by molar-refractivity contribution is -0.124. The highest BCUT2D eigenvalue weighted by molar-refractivity contribution is 5.98. The molecule has 2 aliphatic heterocycles. The zero-order valence-corrected chi connectivity index (χ0v) is 14.9. The normalized spacial score (nSPS) is 19.5. The van der Waals surface area contributed by atoms with Crippen molar-refractivity contribution in [1.29, 1.82) is 0 Å². The molecule has 2 aliphatic rings. The number of anilines is 1. The first kappa shape index (κ1) is 19.4. The molecule has 0 bridgehead atoms. The molecule has 0 spiro atoms. The average molecular weight is 366 g/mol. The van der Waals surface area contributed by atoms with E-state index < -0.39 is 0 Å². The maximum absolute atomic E-state index is 12.3. The van der Waals surface area contributed by atoms with Gasteiger partial charge in [-0.05, 0) is 44.0 Å². The quantitative estimate of drug-likeness (QED) is 0.696. The molecule has 7 heteroatoms. The molecule has 1 aromatic carbocycles. The summed E-state index contributed by atoms with van der Waals surface area (Å²) in [5, 5.41) is 9.00. The van der Waals surface area contributed by atoms with Crippen molar-refractivity contribution in [3.8, 4) is 0 Å². The van der Waals surface area contributed by atoms with Gasteiger partial charge in [-0.25, -0.2) is 0 Å². The van der Waals surface area contributed by atoms with Crippen molar-refractivity contribution in [2.75, 3.05) is 31.6 Å². The van der Waals surface area contributed by atoms with Crippen LogP contribution >= 0.6 is 12.4 Å². The van der Waals surface area contributed by atoms with Crippen LogP contribution in [-0.4, -0.2) is 44.2 Å². The lowest BCUT2D eigenvalue weighted by atomic mass is 10.1. The highest BCUT2D eigenvalue weighted by Gasteiger charge is 2.23. The van der Waals surface area contributed by atoms with Crippen LogP contribution in [0.15, 0.2) is 35.9 Å². The van der Waals surface area contributed by atoms with Crippen LogP contribution in [0.4, 0.5) is 5.69 Å². The fraction of sp³-hybridized carbons (Fsp3) is 0.444. The number of carbonyl (C=O) groups is 2. The lowest BCUT2D eigenvalue weighted by Crippen LogP contribution is -2.30. The number of ether oxygens (including phenoxy) is 1. The van der Waals surface area contributed by atoms with E-state index in [1.165, 1.54) is 5.57 Å². The lowest BCUT2D eigenvalue weighted by Gasteiger charge is -2.15. The molecule has 136 valence electrons. The topological polar surface area (TPSA) is 79.5 Å². The molecule has 3 N–H and O–H groups in total. The van der Waals surface area contributed by atoms with Gasteiger partial charge >= 0.3 is 0 Å². The molecule has 0 aromatic heterocycles. The molecule has 2 heterocycles. The second kappa shape index (κ2) is 9.56. The first-order valence-electron chi connectivity index (χ1n) is 8.42. The van der Waals surface area contributed by atoms with Gasteiger partial charge in [0.15, 0.2) is 0 Å². The molecule has 2 amide bonds. The van der Waals surface area contributed by atoms with Gasteiger partial charge in [0.1, 0.15) is 6.10 Å². The van der Waals surface area contributed by atoms with E-state index in [-0.39, 0.29) is 30.3 Å². The molecule has 1 aromatic rings. The Bertz CT molecular complexity index is 642. The van der Waals surface area contributed by atoms with Crippen LogP contribution in [0.5, 0.6) is 0 Å². The third-order valence-corrected chi connectivity index (χ3v) is 4.25. The number of halogens is 1. The minimum atomic E-state index is -0.380. The van der Waals surface area contributed by atoms with Crippen LogP contribution in [0.2, 0.25) is 0 Å². The van der Waals surface area contributed by atoms with Crippen LogP contribution in [0, 0.1) is 0 Å². The molecule has 0 aliphatic carbocycles. The molecule has 3 rings (SSSR count). The van der Waals surface area contributed by atoms with Gasteiger partial charge in [-0.2, -0.15) is 0 Å². The molecule has 0 saturated carbocycles. The zero-order valence-electron chi connectivity index (χ0n) is 14.0. The largest absolute Gasteiger partial charge is 0.368 e. The third kappa shape index (κ3) is 5.56. The molecular weight excluding hydrogens is 342 g/mol. The van der Waals surface area contributed by atoms with Crippen LogP contribution in [0.1, 0.15) is 29.6 Å². The predicted octanol–water partition coefficient (Wildman–Crippen LogP) is 1.88. The Balaban J connectivity index is 0.00000225. The predicted molar refractivity (Wildman–Crippen MR) is 99.2 cm³/mol. The summed E-state index contributed by atoms with van der Waals surface area (Å²) in [6, 6.07) is 6.98. The fourth-order valence-electron chi connectivity index (χ4n) is 2.87. The van der Waals surface area contributed by atoms with Gasteiger partial charge in [-0.15, -0.1) is 12.4 Å². The van der Waals surface area contributed by atoms with E-state index in [9.17, 15) is 9.59 Å². The van der Waals surface area contributed by atoms with Crippen molar-refractivity contribution in [3.05, 3.63) is 41.5 Å². The Morgan fingerprint density at radius 2 is 2.20 bits per heavy atom. The summed E-state index contributed by atoms with van der Waals surface area (Å²) in [7, 11) is 0. The van der Waals surface area contributed by atoms with Gasteiger partial charge in [0.05, 0.1) is 0 Å². The van der Waals surface area contributed by atoms with Gasteiger partial charge in [-0.3, -0.25) is 9.59 Å². The number of carbonyl (C=O) groups excluding carboxylic acids is 2. The average Bonchev–Trinajstić information content (AvgIpc) is 3.15. The molecule has 6 nitrogen and oxygen atoms in total. The maximum Gasteiger partial charge on any atom is 0.253 e. The number of benzene rings is 1. The summed E-state index contributed by atoms with van der Waals surface area (Å²) in [6.07, 6.45) is 4.34. The number of hydrogen-bond donors (Lipinski definition) is 3. The second-order valence-electron chi connectivity index (χ2n) is 6.07. The minimum Gasteiger partial charge on any atom is -0.368 e. The van der Waals surface area contributed by atoms with Crippen molar-refractivity contribution < 1.29 is 14.3 Å². The fourth-order valence-corrected chi connectivity index (χ4v) is 2.87. The van der Waals surface area contributed by atoms with Crippen LogP contribution in [-0.2, 0) is 9.53 Å². The Morgan fingerprint density at radius 1 is 1.32 bits per heavy atom. The summed E-state index contributed by atoms with van der Waals surface area (Å²) in [4.78, 5) is 24.4.